The second kappa shape index (κ2) is 7.76. The highest BCUT2D eigenvalue weighted by atomic mass is 16.5. The van der Waals surface area contributed by atoms with Gasteiger partial charge < -0.3 is 20.3 Å². The van der Waals surface area contributed by atoms with Crippen LogP contribution < -0.4 is 10.1 Å². The van der Waals surface area contributed by atoms with Crippen LogP contribution in [0.25, 0.3) is 0 Å². The fraction of sp³-hybridized carbons (Fsp3) is 0.278. The van der Waals surface area contributed by atoms with Crippen LogP contribution in [0.4, 0.5) is 0 Å². The van der Waals surface area contributed by atoms with Gasteiger partial charge in [-0.15, -0.1) is 0 Å². The molecule has 0 saturated carbocycles. The van der Waals surface area contributed by atoms with Crippen LogP contribution >= 0.6 is 0 Å². The van der Waals surface area contributed by atoms with E-state index in [1.807, 2.05) is 30.3 Å². The Morgan fingerprint density at radius 2 is 1.78 bits per heavy atom. The molecule has 0 radical (unpaired) electrons. The maximum absolute atomic E-state index is 12.4. The Hall–Kier alpha value is -2.37. The Morgan fingerprint density at radius 1 is 1.09 bits per heavy atom. The van der Waals surface area contributed by atoms with Crippen LogP contribution in [0.2, 0.25) is 0 Å². The minimum Gasteiger partial charge on any atom is -0.497 e. The van der Waals surface area contributed by atoms with Crippen LogP contribution in [-0.2, 0) is 6.42 Å². The molecule has 3 N–H and O–H groups in total. The second-order valence-electron chi connectivity index (χ2n) is 5.45. The summed E-state index contributed by atoms with van der Waals surface area (Å²) < 4.78 is 5.10. The molecular formula is C18H21NO4. The smallest absolute Gasteiger partial charge is 0.252 e. The van der Waals surface area contributed by atoms with Crippen LogP contribution in [0.3, 0.4) is 0 Å². The maximum atomic E-state index is 12.4. The molecule has 0 spiro atoms. The Morgan fingerprint density at radius 3 is 2.39 bits per heavy atom. The molecule has 1 amide bonds. The third-order valence-corrected chi connectivity index (χ3v) is 3.70. The molecule has 122 valence electrons. The fourth-order valence-electron chi connectivity index (χ4n) is 2.35. The van der Waals surface area contributed by atoms with Crippen LogP contribution in [0.1, 0.15) is 15.9 Å². The van der Waals surface area contributed by atoms with Gasteiger partial charge in [0.05, 0.1) is 25.9 Å². The summed E-state index contributed by atoms with van der Waals surface area (Å²) in [5.41, 5.74) is 0.201. The van der Waals surface area contributed by atoms with Crippen molar-refractivity contribution in [3.8, 4) is 5.75 Å². The average Bonchev–Trinajstić information content (AvgIpc) is 2.62. The summed E-state index contributed by atoms with van der Waals surface area (Å²) >= 11 is 0. The van der Waals surface area contributed by atoms with Gasteiger partial charge in [-0.05, 0) is 23.8 Å². The molecule has 0 bridgehead atoms. The van der Waals surface area contributed by atoms with Gasteiger partial charge >= 0.3 is 0 Å². The quantitative estimate of drug-likeness (QED) is 0.721. The molecular weight excluding hydrogens is 294 g/mol. The Bertz CT molecular complexity index is 638. The monoisotopic (exact) mass is 315 g/mol. The van der Waals surface area contributed by atoms with E-state index in [2.05, 4.69) is 5.32 Å². The van der Waals surface area contributed by atoms with Crippen molar-refractivity contribution in [2.45, 2.75) is 12.0 Å². The number of aliphatic hydroxyl groups is 2. The number of nitrogens with one attached hydrogen (secondary N) is 1. The van der Waals surface area contributed by atoms with Gasteiger partial charge in [0, 0.05) is 12.0 Å². The van der Waals surface area contributed by atoms with Crippen molar-refractivity contribution in [1.29, 1.82) is 0 Å². The van der Waals surface area contributed by atoms with Crippen molar-refractivity contribution in [3.63, 3.8) is 0 Å². The lowest BCUT2D eigenvalue weighted by atomic mass is 9.91. The molecule has 0 aliphatic heterocycles. The highest BCUT2D eigenvalue weighted by Gasteiger charge is 2.31. The van der Waals surface area contributed by atoms with E-state index in [0.717, 1.165) is 5.56 Å². The molecule has 5 heteroatoms. The van der Waals surface area contributed by atoms with E-state index in [4.69, 9.17) is 4.74 Å². The van der Waals surface area contributed by atoms with E-state index in [-0.39, 0.29) is 19.1 Å². The molecule has 5 nitrogen and oxygen atoms in total. The third-order valence-electron chi connectivity index (χ3n) is 3.70. The van der Waals surface area contributed by atoms with E-state index in [0.29, 0.717) is 17.7 Å². The molecule has 2 aromatic carbocycles. The summed E-state index contributed by atoms with van der Waals surface area (Å²) in [6, 6.07) is 16.1. The number of carbonyl (C=O) groups is 1. The first-order valence-electron chi connectivity index (χ1n) is 7.35. The zero-order valence-corrected chi connectivity index (χ0v) is 13.0. The minimum atomic E-state index is -1.12. The lowest BCUT2D eigenvalue weighted by Gasteiger charge is -2.31. The molecule has 23 heavy (non-hydrogen) atoms. The summed E-state index contributed by atoms with van der Waals surface area (Å²) in [6.07, 6.45) is 0.330. The van der Waals surface area contributed by atoms with Crippen molar-refractivity contribution >= 4 is 5.91 Å². The van der Waals surface area contributed by atoms with E-state index >= 15 is 0 Å². The highest BCUT2D eigenvalue weighted by molar-refractivity contribution is 5.95. The van der Waals surface area contributed by atoms with Crippen molar-refractivity contribution in [1.82, 2.24) is 5.32 Å². The van der Waals surface area contributed by atoms with Crippen LogP contribution in [0.15, 0.2) is 54.6 Å². The lowest BCUT2D eigenvalue weighted by molar-refractivity contribution is 0.0667. The highest BCUT2D eigenvalue weighted by Crippen LogP contribution is 2.16. The van der Waals surface area contributed by atoms with E-state index in [1.165, 1.54) is 7.11 Å². The minimum absolute atomic E-state index is 0.330. The van der Waals surface area contributed by atoms with Crippen LogP contribution in [0, 0.1) is 0 Å². The third kappa shape index (κ3) is 4.31. The predicted molar refractivity (Wildman–Crippen MR) is 87.5 cm³/mol. The molecule has 2 rings (SSSR count). The van der Waals surface area contributed by atoms with Crippen molar-refractivity contribution < 1.29 is 19.7 Å². The Balaban J connectivity index is 2.19. The maximum Gasteiger partial charge on any atom is 0.252 e. The number of methoxy groups -OCH3 is 1. The number of amides is 1. The summed E-state index contributed by atoms with van der Waals surface area (Å²) in [6.45, 7) is -0.734. The van der Waals surface area contributed by atoms with E-state index < -0.39 is 5.54 Å². The van der Waals surface area contributed by atoms with Crippen molar-refractivity contribution in [2.75, 3.05) is 20.3 Å². The van der Waals surface area contributed by atoms with E-state index in [1.54, 1.807) is 24.3 Å². The summed E-state index contributed by atoms with van der Waals surface area (Å²) in [4.78, 5) is 12.4. The van der Waals surface area contributed by atoms with E-state index in [9.17, 15) is 15.0 Å². The zero-order valence-electron chi connectivity index (χ0n) is 13.0. The molecule has 2 aromatic rings. The molecule has 0 aliphatic rings. The molecule has 0 unspecified atom stereocenters. The number of benzene rings is 2. The van der Waals surface area contributed by atoms with Gasteiger partial charge in [-0.3, -0.25) is 4.79 Å². The largest absolute Gasteiger partial charge is 0.497 e. The number of carbonyl (C=O) groups excluding carboxylic acids is 1. The predicted octanol–water partition coefficient (Wildman–Crippen LogP) is 1.39. The molecule has 0 aromatic heterocycles. The first-order chi connectivity index (χ1) is 11.1. The first kappa shape index (κ1) is 17.0. The van der Waals surface area contributed by atoms with Gasteiger partial charge in [-0.1, -0.05) is 36.4 Å². The number of rotatable bonds is 7. The van der Waals surface area contributed by atoms with Gasteiger partial charge in [0.15, 0.2) is 0 Å². The first-order valence-corrected chi connectivity index (χ1v) is 7.35. The fourth-order valence-corrected chi connectivity index (χ4v) is 2.35. The number of hydrogen-bond donors (Lipinski definition) is 3. The average molecular weight is 315 g/mol. The van der Waals surface area contributed by atoms with Crippen LogP contribution in [0.5, 0.6) is 5.75 Å². The van der Waals surface area contributed by atoms with Gasteiger partial charge in [0.1, 0.15) is 5.75 Å². The molecule has 0 atom stereocenters. The number of aliphatic hydroxyl groups excluding tert-OH is 2. The summed E-state index contributed by atoms with van der Waals surface area (Å²) in [5.74, 6) is 0.197. The van der Waals surface area contributed by atoms with Gasteiger partial charge in [-0.25, -0.2) is 0 Å². The van der Waals surface area contributed by atoms with Crippen molar-refractivity contribution in [3.05, 3.63) is 65.7 Å². The lowest BCUT2D eigenvalue weighted by Crippen LogP contribution is -2.55. The normalized spacial score (nSPS) is 11.1. The Labute approximate surface area is 135 Å². The molecule has 0 heterocycles. The number of hydrogen-bond acceptors (Lipinski definition) is 4. The zero-order chi connectivity index (χ0) is 16.7. The Kier molecular flexibility index (Phi) is 5.73. The van der Waals surface area contributed by atoms with Gasteiger partial charge in [0.2, 0.25) is 0 Å². The van der Waals surface area contributed by atoms with Crippen molar-refractivity contribution in [2.24, 2.45) is 0 Å². The SMILES string of the molecule is COc1cccc(C(=O)NC(CO)(CO)Cc2ccccc2)c1. The summed E-state index contributed by atoms with van der Waals surface area (Å²) in [5, 5.41) is 22.2. The molecule has 0 saturated heterocycles. The number of ether oxygens (including phenoxy) is 1. The molecule has 0 fully saturated rings. The van der Waals surface area contributed by atoms with Gasteiger partial charge in [-0.2, -0.15) is 0 Å². The topological polar surface area (TPSA) is 78.8 Å². The summed E-state index contributed by atoms with van der Waals surface area (Å²) in [7, 11) is 1.53. The standard InChI is InChI=1S/C18H21NO4/c1-23-16-9-5-8-15(10-16)17(22)19-18(12-20,13-21)11-14-6-3-2-4-7-14/h2-10,20-21H,11-13H2,1H3,(H,19,22). The van der Waals surface area contributed by atoms with Gasteiger partial charge in [0.25, 0.3) is 5.91 Å². The second-order valence-corrected chi connectivity index (χ2v) is 5.45. The molecule has 0 aliphatic carbocycles. The van der Waals surface area contributed by atoms with Crippen LogP contribution in [-0.4, -0.2) is 42.0 Å².